The van der Waals surface area contributed by atoms with Crippen molar-refractivity contribution < 1.29 is 33.3 Å². The summed E-state index contributed by atoms with van der Waals surface area (Å²) >= 11 is 1.16. The average molecular weight is 589 g/mol. The fraction of sp³-hybridized carbons (Fsp3) is 0.226. The van der Waals surface area contributed by atoms with Gasteiger partial charge in [0.1, 0.15) is 29.1 Å². The van der Waals surface area contributed by atoms with Crippen molar-refractivity contribution in [3.8, 4) is 22.8 Å². The quantitative estimate of drug-likeness (QED) is 0.305. The molecule has 3 heterocycles. The second kappa shape index (κ2) is 11.5. The molecule has 4 aromatic rings. The lowest BCUT2D eigenvalue weighted by Crippen LogP contribution is -2.40. The van der Waals surface area contributed by atoms with E-state index in [0.717, 1.165) is 11.3 Å². The first-order valence-electron chi connectivity index (χ1n) is 13.0. The molecular weight excluding hydrogens is 560 g/mol. The Morgan fingerprint density at radius 1 is 1.12 bits per heavy atom. The summed E-state index contributed by atoms with van der Waals surface area (Å²) in [5, 5.41) is 9.49. The summed E-state index contributed by atoms with van der Waals surface area (Å²) in [5.41, 5.74) is 2.18. The summed E-state index contributed by atoms with van der Waals surface area (Å²) in [7, 11) is 3.04. The summed E-state index contributed by atoms with van der Waals surface area (Å²) in [6, 6.07) is 12.7. The van der Waals surface area contributed by atoms with Gasteiger partial charge in [-0.1, -0.05) is 23.5 Å². The number of ether oxygens (including phenoxy) is 3. The molecule has 216 valence electrons. The molecule has 0 radical (unpaired) electrons. The van der Waals surface area contributed by atoms with Gasteiger partial charge in [0.15, 0.2) is 4.80 Å². The highest BCUT2D eigenvalue weighted by Crippen LogP contribution is 2.38. The van der Waals surface area contributed by atoms with Gasteiger partial charge in [-0.25, -0.2) is 14.6 Å². The number of furan rings is 1. The number of hydrogen-bond acceptors (Lipinski definition) is 9. The molecule has 1 N–H and O–H groups in total. The Bertz CT molecular complexity index is 1930. The molecule has 0 amide bonds. The van der Waals surface area contributed by atoms with Crippen LogP contribution in [0.2, 0.25) is 0 Å². The first-order chi connectivity index (χ1) is 20.2. The Morgan fingerprint density at radius 3 is 2.60 bits per heavy atom. The normalized spacial score (nSPS) is 14.8. The molecular formula is C31H28N2O8S. The molecule has 1 aliphatic heterocycles. The number of carbonyl (C=O) groups excluding carboxylic acids is 1. The maximum atomic E-state index is 14.0. The topological polar surface area (TPSA) is 130 Å². The zero-order valence-electron chi connectivity index (χ0n) is 23.6. The second-order valence-electron chi connectivity index (χ2n) is 9.40. The highest BCUT2D eigenvalue weighted by Gasteiger charge is 2.35. The lowest BCUT2D eigenvalue weighted by Gasteiger charge is -2.26. The van der Waals surface area contributed by atoms with Crippen LogP contribution in [0.3, 0.4) is 0 Å². The molecule has 0 unspecified atom stereocenters. The van der Waals surface area contributed by atoms with Gasteiger partial charge in [-0.2, -0.15) is 0 Å². The number of hydrogen-bond donors (Lipinski definition) is 1. The maximum absolute atomic E-state index is 14.0. The SMILES string of the molecule is CCOC(=O)C1=C(C)N=c2s/c(=C\c3ccc(-c4cccc(C(=O)O)c4C)o3)c(=O)n2[C@H]1c1cc(OC)ccc1OC. The molecule has 10 nitrogen and oxygen atoms in total. The van der Waals surface area contributed by atoms with Gasteiger partial charge in [0.2, 0.25) is 0 Å². The van der Waals surface area contributed by atoms with Gasteiger partial charge in [-0.05, 0) is 62.7 Å². The monoisotopic (exact) mass is 588 g/mol. The number of methoxy groups -OCH3 is 2. The van der Waals surface area contributed by atoms with E-state index in [1.54, 1.807) is 69.3 Å². The van der Waals surface area contributed by atoms with Crippen molar-refractivity contribution in [1.82, 2.24) is 4.57 Å². The number of benzene rings is 2. The molecule has 0 bridgehead atoms. The number of carboxylic acid groups (broad SMARTS) is 1. The van der Waals surface area contributed by atoms with Gasteiger partial charge in [-0.15, -0.1) is 0 Å². The van der Waals surface area contributed by atoms with E-state index >= 15 is 0 Å². The fourth-order valence-electron chi connectivity index (χ4n) is 4.98. The first-order valence-corrected chi connectivity index (χ1v) is 13.8. The number of thiazole rings is 1. The average Bonchev–Trinajstić information content (AvgIpc) is 3.55. The van der Waals surface area contributed by atoms with Gasteiger partial charge in [0, 0.05) is 17.2 Å². The third kappa shape index (κ3) is 5.03. The predicted octanol–water partition coefficient (Wildman–Crippen LogP) is 4.08. The molecule has 42 heavy (non-hydrogen) atoms. The molecule has 5 rings (SSSR count). The van der Waals surface area contributed by atoms with Crippen LogP contribution in [0.1, 0.15) is 47.1 Å². The summed E-state index contributed by atoms with van der Waals surface area (Å²) in [6.07, 6.45) is 1.60. The Hall–Kier alpha value is -4.90. The number of carboxylic acids is 1. The van der Waals surface area contributed by atoms with Crippen molar-refractivity contribution in [2.75, 3.05) is 20.8 Å². The third-order valence-corrected chi connectivity index (χ3v) is 7.96. The van der Waals surface area contributed by atoms with Gasteiger partial charge in [0.05, 0.1) is 42.2 Å². The van der Waals surface area contributed by atoms with Crippen LogP contribution in [0.15, 0.2) is 74.0 Å². The van der Waals surface area contributed by atoms with Crippen LogP contribution in [-0.4, -0.2) is 42.4 Å². The Kier molecular flexibility index (Phi) is 7.86. The van der Waals surface area contributed by atoms with Crippen LogP contribution < -0.4 is 24.4 Å². The van der Waals surface area contributed by atoms with Crippen LogP contribution in [0, 0.1) is 6.92 Å². The minimum Gasteiger partial charge on any atom is -0.497 e. The molecule has 0 aliphatic carbocycles. The fourth-order valence-corrected chi connectivity index (χ4v) is 6.00. The van der Waals surface area contributed by atoms with Gasteiger partial charge < -0.3 is 23.7 Å². The number of allylic oxidation sites excluding steroid dienone is 1. The third-order valence-electron chi connectivity index (χ3n) is 6.98. The molecule has 2 aromatic heterocycles. The highest BCUT2D eigenvalue weighted by atomic mass is 32.1. The van der Waals surface area contributed by atoms with Crippen molar-refractivity contribution in [3.05, 3.63) is 102 Å². The number of rotatable bonds is 8. The molecule has 2 aromatic carbocycles. The molecule has 0 spiro atoms. The molecule has 0 saturated carbocycles. The van der Waals surface area contributed by atoms with E-state index in [-0.39, 0.29) is 23.3 Å². The van der Waals surface area contributed by atoms with Crippen LogP contribution in [0.5, 0.6) is 11.5 Å². The van der Waals surface area contributed by atoms with E-state index in [1.165, 1.54) is 24.9 Å². The number of fused-ring (bicyclic) bond motifs is 1. The van der Waals surface area contributed by atoms with Gasteiger partial charge in [-0.3, -0.25) is 9.36 Å². The zero-order valence-corrected chi connectivity index (χ0v) is 24.4. The van der Waals surface area contributed by atoms with Gasteiger partial charge in [0.25, 0.3) is 5.56 Å². The Balaban J connectivity index is 1.67. The molecule has 1 atom stereocenters. The van der Waals surface area contributed by atoms with Crippen LogP contribution in [0.25, 0.3) is 17.4 Å². The maximum Gasteiger partial charge on any atom is 0.338 e. The minimum atomic E-state index is -1.03. The van der Waals surface area contributed by atoms with Crippen molar-refractivity contribution in [2.24, 2.45) is 4.99 Å². The van der Waals surface area contributed by atoms with Crippen molar-refractivity contribution in [2.45, 2.75) is 26.8 Å². The standard InChI is InChI=1S/C31H28N2O8S/c1-6-40-30(37)26-17(3)32-31-33(27(26)22-14-18(38-4)10-12-23(22)39-5)28(34)25(42-31)15-19-11-13-24(41-19)20-8-7-9-21(16(20)2)29(35)36/h7-15,27H,6H2,1-5H3,(H,35,36)/b25-15-/t27-/m0/s1. The van der Waals surface area contributed by atoms with Crippen molar-refractivity contribution in [1.29, 1.82) is 0 Å². The van der Waals surface area contributed by atoms with E-state index in [1.807, 2.05) is 0 Å². The zero-order chi connectivity index (χ0) is 30.1. The lowest BCUT2D eigenvalue weighted by atomic mass is 9.95. The number of aromatic nitrogens is 1. The summed E-state index contributed by atoms with van der Waals surface area (Å²) in [5.74, 6) is 0.235. The molecule has 0 fully saturated rings. The predicted molar refractivity (Wildman–Crippen MR) is 156 cm³/mol. The number of carbonyl (C=O) groups is 2. The summed E-state index contributed by atoms with van der Waals surface area (Å²) < 4.78 is 24.2. The Labute approximate surface area is 244 Å². The minimum absolute atomic E-state index is 0.150. The van der Waals surface area contributed by atoms with Crippen LogP contribution in [-0.2, 0) is 9.53 Å². The molecule has 1 aliphatic rings. The largest absolute Gasteiger partial charge is 0.497 e. The number of aromatic carboxylic acids is 1. The van der Waals surface area contributed by atoms with Crippen molar-refractivity contribution >= 4 is 29.4 Å². The van der Waals surface area contributed by atoms with Crippen LogP contribution >= 0.6 is 11.3 Å². The summed E-state index contributed by atoms with van der Waals surface area (Å²) in [6.45, 7) is 5.28. The Morgan fingerprint density at radius 2 is 1.90 bits per heavy atom. The molecule has 0 saturated heterocycles. The van der Waals surface area contributed by atoms with E-state index in [0.29, 0.717) is 54.7 Å². The second-order valence-corrected chi connectivity index (χ2v) is 10.4. The van der Waals surface area contributed by atoms with Crippen LogP contribution in [0.4, 0.5) is 0 Å². The van der Waals surface area contributed by atoms with E-state index < -0.39 is 18.0 Å². The summed E-state index contributed by atoms with van der Waals surface area (Å²) in [4.78, 5) is 43.8. The van der Waals surface area contributed by atoms with Gasteiger partial charge >= 0.3 is 11.9 Å². The smallest absolute Gasteiger partial charge is 0.338 e. The van der Waals surface area contributed by atoms with E-state index in [2.05, 4.69) is 4.99 Å². The highest BCUT2D eigenvalue weighted by molar-refractivity contribution is 7.07. The molecule has 11 heteroatoms. The number of nitrogens with zero attached hydrogens (tertiary/aromatic N) is 2. The first kappa shape index (κ1) is 28.6. The van der Waals surface area contributed by atoms with Crippen molar-refractivity contribution in [3.63, 3.8) is 0 Å². The lowest BCUT2D eigenvalue weighted by molar-refractivity contribution is -0.139. The number of esters is 1. The van der Waals surface area contributed by atoms with E-state index in [9.17, 15) is 19.5 Å². The van der Waals surface area contributed by atoms with E-state index in [4.69, 9.17) is 18.6 Å².